The van der Waals surface area contributed by atoms with E-state index in [0.717, 1.165) is 44.3 Å². The van der Waals surface area contributed by atoms with E-state index in [4.69, 9.17) is 6.57 Å². The Balaban J connectivity index is 1.53. The number of hydrogen-bond acceptors (Lipinski definition) is 4. The summed E-state index contributed by atoms with van der Waals surface area (Å²) in [6.07, 6.45) is 10.4. The monoisotopic (exact) mass is 459 g/mol. The van der Waals surface area contributed by atoms with Crippen molar-refractivity contribution in [3.05, 3.63) is 64.4 Å². The third kappa shape index (κ3) is 5.63. The van der Waals surface area contributed by atoms with Crippen LogP contribution in [0.3, 0.4) is 0 Å². The highest BCUT2D eigenvalue weighted by Crippen LogP contribution is 2.35. The fraction of sp³-hybridized carbons (Fsp3) is 0.481. The topological polar surface area (TPSA) is 73.7 Å². The lowest BCUT2D eigenvalue weighted by Gasteiger charge is -2.33. The number of aromatic nitrogens is 2. The van der Waals surface area contributed by atoms with Crippen LogP contribution >= 0.6 is 0 Å². The molecule has 1 aliphatic heterocycles. The SMILES string of the molecule is [C-]#[N+]c1cnc(C(=O)Cc2ccc(C3CCN(C(=O)CN(C)C)CC3)cc2C2=CCCCC2)[nH]1. The third-order valence-electron chi connectivity index (χ3n) is 6.84. The Labute approximate surface area is 201 Å². The van der Waals surface area contributed by atoms with Gasteiger partial charge in [0, 0.05) is 19.5 Å². The number of amides is 1. The van der Waals surface area contributed by atoms with Gasteiger partial charge in [-0.3, -0.25) is 14.6 Å². The van der Waals surface area contributed by atoms with Gasteiger partial charge in [0.25, 0.3) is 0 Å². The van der Waals surface area contributed by atoms with Crippen molar-refractivity contribution in [3.8, 4) is 0 Å². The average Bonchev–Trinajstić information content (AvgIpc) is 3.34. The number of benzene rings is 1. The number of hydrogen-bond donors (Lipinski definition) is 1. The summed E-state index contributed by atoms with van der Waals surface area (Å²) in [6.45, 7) is 9.12. The number of Topliss-reactive ketones (excluding diaryl/α,β-unsaturated/α-hetero) is 1. The molecule has 1 saturated heterocycles. The first-order valence-electron chi connectivity index (χ1n) is 12.1. The van der Waals surface area contributed by atoms with Crippen molar-refractivity contribution in [2.75, 3.05) is 33.7 Å². The quantitative estimate of drug-likeness (QED) is 0.485. The molecule has 1 fully saturated rings. The Morgan fingerprint density at radius 2 is 2.03 bits per heavy atom. The largest absolute Gasteiger partial charge is 0.363 e. The fourth-order valence-electron chi connectivity index (χ4n) is 4.98. The Hall–Kier alpha value is -3.24. The van der Waals surface area contributed by atoms with Crippen molar-refractivity contribution < 1.29 is 9.59 Å². The van der Waals surface area contributed by atoms with Crippen LogP contribution in [0.4, 0.5) is 5.82 Å². The van der Waals surface area contributed by atoms with Gasteiger partial charge >= 0.3 is 0 Å². The van der Waals surface area contributed by atoms with Gasteiger partial charge in [0.15, 0.2) is 0 Å². The zero-order chi connectivity index (χ0) is 24.1. The van der Waals surface area contributed by atoms with Gasteiger partial charge in [0.05, 0.1) is 12.7 Å². The lowest BCUT2D eigenvalue weighted by Crippen LogP contribution is -2.42. The summed E-state index contributed by atoms with van der Waals surface area (Å²) >= 11 is 0. The number of likely N-dealkylation sites (tertiary alicyclic amines) is 1. The summed E-state index contributed by atoms with van der Waals surface area (Å²) in [5, 5.41) is 0. The number of likely N-dealkylation sites (N-methyl/N-ethyl adjacent to an activating group) is 1. The van der Waals surface area contributed by atoms with Gasteiger partial charge in [-0.2, -0.15) is 0 Å². The Kier molecular flexibility index (Phi) is 7.59. The highest BCUT2D eigenvalue weighted by Gasteiger charge is 2.25. The number of rotatable bonds is 7. The summed E-state index contributed by atoms with van der Waals surface area (Å²) in [4.78, 5) is 39.4. The van der Waals surface area contributed by atoms with Crippen molar-refractivity contribution in [1.29, 1.82) is 0 Å². The first kappa shape index (κ1) is 23.9. The summed E-state index contributed by atoms with van der Waals surface area (Å²) in [6, 6.07) is 6.54. The molecular formula is C27H33N5O2. The lowest BCUT2D eigenvalue weighted by atomic mass is 9.83. The van der Waals surface area contributed by atoms with Crippen LogP contribution in [0.2, 0.25) is 0 Å². The average molecular weight is 460 g/mol. The second-order valence-corrected chi connectivity index (χ2v) is 9.61. The van der Waals surface area contributed by atoms with E-state index in [1.54, 1.807) is 0 Å². The molecule has 4 rings (SSSR count). The third-order valence-corrected chi connectivity index (χ3v) is 6.84. The highest BCUT2D eigenvalue weighted by atomic mass is 16.2. The van der Waals surface area contributed by atoms with Crippen LogP contribution in [0.1, 0.15) is 71.8 Å². The van der Waals surface area contributed by atoms with Crippen molar-refractivity contribution in [2.45, 2.75) is 50.9 Å². The van der Waals surface area contributed by atoms with Crippen LogP contribution in [0, 0.1) is 6.57 Å². The molecule has 178 valence electrons. The van der Waals surface area contributed by atoms with Gasteiger partial charge < -0.3 is 14.6 Å². The Bertz CT molecular complexity index is 1120. The maximum Gasteiger partial charge on any atom is 0.248 e. The smallest absolute Gasteiger partial charge is 0.248 e. The van der Waals surface area contributed by atoms with E-state index >= 15 is 0 Å². The van der Waals surface area contributed by atoms with Crippen LogP contribution in [0.15, 0.2) is 30.5 Å². The zero-order valence-corrected chi connectivity index (χ0v) is 20.1. The Morgan fingerprint density at radius 1 is 1.24 bits per heavy atom. The van der Waals surface area contributed by atoms with E-state index in [-0.39, 0.29) is 29.8 Å². The lowest BCUT2D eigenvalue weighted by molar-refractivity contribution is -0.132. The number of imidazole rings is 1. The molecule has 1 aliphatic carbocycles. The van der Waals surface area contributed by atoms with Crippen molar-refractivity contribution in [2.24, 2.45) is 0 Å². The van der Waals surface area contributed by atoms with Crippen molar-refractivity contribution >= 4 is 23.1 Å². The molecule has 0 saturated carbocycles. The normalized spacial score (nSPS) is 16.9. The van der Waals surface area contributed by atoms with E-state index in [2.05, 4.69) is 39.1 Å². The van der Waals surface area contributed by atoms with Crippen LogP contribution in [-0.2, 0) is 11.2 Å². The maximum absolute atomic E-state index is 12.9. The highest BCUT2D eigenvalue weighted by molar-refractivity contribution is 5.95. The Morgan fingerprint density at radius 3 is 2.68 bits per heavy atom. The molecule has 2 aliphatic rings. The molecule has 1 aromatic carbocycles. The van der Waals surface area contributed by atoms with Crippen LogP contribution in [0.25, 0.3) is 10.4 Å². The van der Waals surface area contributed by atoms with Crippen LogP contribution in [0.5, 0.6) is 0 Å². The van der Waals surface area contributed by atoms with Gasteiger partial charge in [-0.1, -0.05) is 30.8 Å². The number of carbonyl (C=O) groups is 2. The minimum absolute atomic E-state index is 0.104. The molecule has 34 heavy (non-hydrogen) atoms. The van der Waals surface area contributed by atoms with E-state index in [1.165, 1.54) is 35.7 Å². The number of nitrogens with zero attached hydrogens (tertiary/aromatic N) is 4. The molecule has 2 heterocycles. The van der Waals surface area contributed by atoms with E-state index in [9.17, 15) is 9.59 Å². The van der Waals surface area contributed by atoms with Crippen LogP contribution in [-0.4, -0.2) is 65.2 Å². The number of carbonyl (C=O) groups excluding carboxylic acids is 2. The standard InChI is InChI=1S/C27H33N5O2/c1-28-25-17-29-27(30-25)24(33)16-22-10-9-21(15-23(22)20-7-5-4-6-8-20)19-11-13-32(14-12-19)26(34)18-31(2)3/h7,9-10,15,17,19H,4-6,8,11-14,16,18H2,2-3H3,(H,29,30). The number of nitrogens with one attached hydrogen (secondary N) is 1. The number of H-pyrrole nitrogens is 1. The molecule has 7 nitrogen and oxygen atoms in total. The van der Waals surface area contributed by atoms with E-state index < -0.39 is 0 Å². The van der Waals surface area contributed by atoms with Gasteiger partial charge in [-0.15, -0.1) is 0 Å². The minimum Gasteiger partial charge on any atom is -0.363 e. The zero-order valence-electron chi connectivity index (χ0n) is 20.1. The number of piperidine rings is 1. The minimum atomic E-state index is -0.104. The molecule has 1 N–H and O–H groups in total. The van der Waals surface area contributed by atoms with Gasteiger partial charge in [0.1, 0.15) is 0 Å². The molecule has 0 atom stereocenters. The number of ketones is 1. The maximum atomic E-state index is 12.9. The predicted molar refractivity (Wildman–Crippen MR) is 133 cm³/mol. The second-order valence-electron chi connectivity index (χ2n) is 9.61. The number of allylic oxidation sites excluding steroid dienone is 2. The summed E-state index contributed by atoms with van der Waals surface area (Å²) in [5.41, 5.74) is 4.82. The molecule has 0 bridgehead atoms. The van der Waals surface area contributed by atoms with Crippen molar-refractivity contribution in [1.82, 2.24) is 19.8 Å². The van der Waals surface area contributed by atoms with Crippen LogP contribution < -0.4 is 0 Å². The molecular weight excluding hydrogens is 426 g/mol. The molecule has 0 spiro atoms. The fourth-order valence-corrected chi connectivity index (χ4v) is 4.98. The predicted octanol–water partition coefficient (Wildman–Crippen LogP) is 4.61. The van der Waals surface area contributed by atoms with Gasteiger partial charge in [-0.25, -0.2) is 4.98 Å². The molecule has 0 unspecified atom stereocenters. The van der Waals surface area contributed by atoms with Crippen molar-refractivity contribution in [3.63, 3.8) is 0 Å². The summed E-state index contributed by atoms with van der Waals surface area (Å²) in [7, 11) is 3.85. The first-order chi connectivity index (χ1) is 16.4. The summed E-state index contributed by atoms with van der Waals surface area (Å²) < 4.78 is 0. The molecule has 0 radical (unpaired) electrons. The van der Waals surface area contributed by atoms with Gasteiger partial charge in [0.2, 0.25) is 23.3 Å². The number of aromatic amines is 1. The molecule has 7 heteroatoms. The summed E-state index contributed by atoms with van der Waals surface area (Å²) in [5.74, 6) is 1.04. The van der Waals surface area contributed by atoms with E-state index in [0.29, 0.717) is 12.5 Å². The molecule has 2 aromatic rings. The van der Waals surface area contributed by atoms with Gasteiger partial charge in [-0.05, 0) is 80.8 Å². The molecule has 1 amide bonds. The first-order valence-corrected chi connectivity index (χ1v) is 12.1. The van der Waals surface area contributed by atoms with E-state index in [1.807, 2.05) is 23.9 Å². The molecule has 1 aromatic heterocycles. The second kappa shape index (κ2) is 10.8.